The van der Waals surface area contributed by atoms with E-state index in [0.717, 1.165) is 17.5 Å². The summed E-state index contributed by atoms with van der Waals surface area (Å²) in [5, 5.41) is 3.57. The molecule has 1 aromatic rings. The first kappa shape index (κ1) is 14.1. The van der Waals surface area contributed by atoms with Crippen molar-refractivity contribution in [2.45, 2.75) is 6.92 Å². The van der Waals surface area contributed by atoms with Gasteiger partial charge >= 0.3 is 0 Å². The van der Waals surface area contributed by atoms with E-state index < -0.39 is 10.0 Å². The summed E-state index contributed by atoms with van der Waals surface area (Å²) in [6, 6.07) is 3.50. The first-order chi connectivity index (χ1) is 7.79. The zero-order chi connectivity index (χ0) is 13.1. The topological polar surface area (TPSA) is 84.2 Å². The van der Waals surface area contributed by atoms with Gasteiger partial charge in [-0.1, -0.05) is 11.6 Å². The summed E-state index contributed by atoms with van der Waals surface area (Å²) in [4.78, 5) is 0. The molecule has 0 aromatic heterocycles. The summed E-state index contributed by atoms with van der Waals surface area (Å²) in [5.41, 5.74) is 7.99. The number of nitrogen functional groups attached to an aromatic ring is 1. The van der Waals surface area contributed by atoms with Crippen molar-refractivity contribution in [3.8, 4) is 0 Å². The van der Waals surface area contributed by atoms with Gasteiger partial charge < -0.3 is 11.1 Å². The number of halogens is 1. The van der Waals surface area contributed by atoms with Gasteiger partial charge in [-0.3, -0.25) is 0 Å². The summed E-state index contributed by atoms with van der Waals surface area (Å²) in [6.07, 6.45) is 1.12. The fourth-order valence-corrected chi connectivity index (χ4v) is 1.96. The molecule has 0 atom stereocenters. The third-order valence-electron chi connectivity index (χ3n) is 2.15. The van der Waals surface area contributed by atoms with Crippen molar-refractivity contribution in [1.29, 1.82) is 0 Å². The maximum Gasteiger partial charge on any atom is 0.208 e. The number of nitrogens with two attached hydrogens (primary N) is 1. The average molecular weight is 278 g/mol. The standard InChI is InChI=1S/C10H16ClN3O2S/c1-7-5-9(12)8(11)6-10(7)13-3-4-14-17(2,15)16/h5-6,13-14H,3-4,12H2,1-2H3. The van der Waals surface area contributed by atoms with E-state index in [-0.39, 0.29) is 0 Å². The first-order valence-electron chi connectivity index (χ1n) is 5.04. The molecule has 5 nitrogen and oxygen atoms in total. The van der Waals surface area contributed by atoms with Crippen LogP contribution < -0.4 is 15.8 Å². The number of hydrogen-bond acceptors (Lipinski definition) is 4. The molecule has 0 heterocycles. The molecule has 0 unspecified atom stereocenters. The summed E-state index contributed by atoms with van der Waals surface area (Å²) in [5.74, 6) is 0. The molecule has 1 rings (SSSR count). The molecule has 0 saturated heterocycles. The molecule has 0 amide bonds. The van der Waals surface area contributed by atoms with Gasteiger partial charge in [0.15, 0.2) is 0 Å². The third kappa shape index (κ3) is 4.80. The minimum Gasteiger partial charge on any atom is -0.398 e. The van der Waals surface area contributed by atoms with Crippen molar-refractivity contribution in [3.63, 3.8) is 0 Å². The van der Waals surface area contributed by atoms with Gasteiger partial charge in [-0.05, 0) is 24.6 Å². The van der Waals surface area contributed by atoms with Gasteiger partial charge in [-0.15, -0.1) is 0 Å². The van der Waals surface area contributed by atoms with E-state index in [1.165, 1.54) is 0 Å². The van der Waals surface area contributed by atoms with Gasteiger partial charge in [0, 0.05) is 18.8 Å². The van der Waals surface area contributed by atoms with Crippen molar-refractivity contribution < 1.29 is 8.42 Å². The van der Waals surface area contributed by atoms with E-state index in [4.69, 9.17) is 17.3 Å². The second-order valence-electron chi connectivity index (χ2n) is 3.78. The largest absolute Gasteiger partial charge is 0.398 e. The van der Waals surface area contributed by atoms with E-state index in [1.54, 1.807) is 12.1 Å². The lowest BCUT2D eigenvalue weighted by Crippen LogP contribution is -2.27. The molecule has 0 aliphatic heterocycles. The maximum atomic E-state index is 10.8. The second-order valence-corrected chi connectivity index (χ2v) is 6.02. The summed E-state index contributed by atoms with van der Waals surface area (Å²) >= 11 is 5.89. The van der Waals surface area contributed by atoms with Crippen LogP contribution in [0.4, 0.5) is 11.4 Å². The zero-order valence-corrected chi connectivity index (χ0v) is 11.3. The van der Waals surface area contributed by atoms with Crippen LogP contribution >= 0.6 is 11.6 Å². The lowest BCUT2D eigenvalue weighted by molar-refractivity contribution is 0.589. The van der Waals surface area contributed by atoms with Crippen LogP contribution in [0, 0.1) is 6.92 Å². The van der Waals surface area contributed by atoms with Gasteiger partial charge in [0.05, 0.1) is 17.0 Å². The number of aryl methyl sites for hydroxylation is 1. The second kappa shape index (κ2) is 5.57. The van der Waals surface area contributed by atoms with Crippen LogP contribution in [-0.2, 0) is 10.0 Å². The Morgan fingerprint density at radius 3 is 2.59 bits per heavy atom. The van der Waals surface area contributed by atoms with E-state index in [9.17, 15) is 8.42 Å². The highest BCUT2D eigenvalue weighted by Crippen LogP contribution is 2.26. The predicted octanol–water partition coefficient (Wildman–Crippen LogP) is 1.19. The number of sulfonamides is 1. The lowest BCUT2D eigenvalue weighted by atomic mass is 10.2. The van der Waals surface area contributed by atoms with E-state index in [1.807, 2.05) is 6.92 Å². The summed E-state index contributed by atoms with van der Waals surface area (Å²) < 4.78 is 24.1. The third-order valence-corrected chi connectivity index (χ3v) is 3.20. The van der Waals surface area contributed by atoms with Gasteiger partial charge in [0.25, 0.3) is 0 Å². The Kier molecular flexibility index (Phi) is 4.62. The number of benzene rings is 1. The molecule has 1 aromatic carbocycles. The van der Waals surface area contributed by atoms with Gasteiger partial charge in [0.1, 0.15) is 0 Å². The number of nitrogens with one attached hydrogen (secondary N) is 2. The van der Waals surface area contributed by atoms with Crippen LogP contribution in [0.3, 0.4) is 0 Å². The molecule has 0 saturated carbocycles. The van der Waals surface area contributed by atoms with Crippen molar-refractivity contribution in [2.75, 3.05) is 30.4 Å². The fraction of sp³-hybridized carbons (Fsp3) is 0.400. The van der Waals surface area contributed by atoms with Crippen LogP contribution in [0.5, 0.6) is 0 Å². The lowest BCUT2D eigenvalue weighted by Gasteiger charge is -2.11. The quantitative estimate of drug-likeness (QED) is 0.558. The van der Waals surface area contributed by atoms with Gasteiger partial charge in [0.2, 0.25) is 10.0 Å². The molecule has 0 aliphatic carbocycles. The Morgan fingerprint density at radius 2 is 2.00 bits per heavy atom. The van der Waals surface area contributed by atoms with Crippen molar-refractivity contribution >= 4 is 33.0 Å². The number of hydrogen-bond donors (Lipinski definition) is 3. The van der Waals surface area contributed by atoms with E-state index in [2.05, 4.69) is 10.0 Å². The van der Waals surface area contributed by atoms with Crippen LogP contribution in [-0.4, -0.2) is 27.8 Å². The van der Waals surface area contributed by atoms with Crippen molar-refractivity contribution in [1.82, 2.24) is 4.72 Å². The molecular weight excluding hydrogens is 262 g/mol. The molecule has 0 spiro atoms. The van der Waals surface area contributed by atoms with Crippen LogP contribution in [0.2, 0.25) is 5.02 Å². The van der Waals surface area contributed by atoms with Crippen LogP contribution in [0.15, 0.2) is 12.1 Å². The summed E-state index contributed by atoms with van der Waals surface area (Å²) in [7, 11) is -3.14. The van der Waals surface area contributed by atoms with Gasteiger partial charge in [-0.25, -0.2) is 13.1 Å². The Hall–Kier alpha value is -0.980. The first-order valence-corrected chi connectivity index (χ1v) is 7.30. The number of anilines is 2. The predicted molar refractivity (Wildman–Crippen MR) is 71.9 cm³/mol. The Labute approximate surface area is 106 Å². The molecule has 4 N–H and O–H groups in total. The molecule has 0 fully saturated rings. The highest BCUT2D eigenvalue weighted by atomic mass is 35.5. The SMILES string of the molecule is Cc1cc(N)c(Cl)cc1NCCNS(C)(=O)=O. The van der Waals surface area contributed by atoms with Crippen LogP contribution in [0.1, 0.15) is 5.56 Å². The minimum atomic E-state index is -3.14. The van der Waals surface area contributed by atoms with Crippen LogP contribution in [0.25, 0.3) is 0 Å². The molecule has 96 valence electrons. The minimum absolute atomic E-state index is 0.320. The average Bonchev–Trinajstić information content (AvgIpc) is 2.18. The van der Waals surface area contributed by atoms with Crippen molar-refractivity contribution in [3.05, 3.63) is 22.7 Å². The maximum absolute atomic E-state index is 10.8. The Bertz CT molecular complexity index is 503. The molecular formula is C10H16ClN3O2S. The Morgan fingerprint density at radius 1 is 1.35 bits per heavy atom. The fourth-order valence-electron chi connectivity index (χ4n) is 1.33. The zero-order valence-electron chi connectivity index (χ0n) is 9.75. The Balaban J connectivity index is 2.55. The van der Waals surface area contributed by atoms with E-state index >= 15 is 0 Å². The monoisotopic (exact) mass is 277 g/mol. The number of rotatable bonds is 5. The smallest absolute Gasteiger partial charge is 0.208 e. The molecule has 0 aliphatic rings. The molecule has 0 bridgehead atoms. The normalized spacial score (nSPS) is 11.5. The van der Waals surface area contributed by atoms with Gasteiger partial charge in [-0.2, -0.15) is 0 Å². The molecule has 0 radical (unpaired) electrons. The molecule has 7 heteroatoms. The highest BCUT2D eigenvalue weighted by Gasteiger charge is 2.03. The van der Waals surface area contributed by atoms with Crippen molar-refractivity contribution in [2.24, 2.45) is 0 Å². The summed E-state index contributed by atoms with van der Waals surface area (Å²) in [6.45, 7) is 2.70. The molecule has 17 heavy (non-hydrogen) atoms. The highest BCUT2D eigenvalue weighted by molar-refractivity contribution is 7.88. The van der Waals surface area contributed by atoms with E-state index in [0.29, 0.717) is 23.8 Å².